The Morgan fingerprint density at radius 1 is 0.862 bits per heavy atom. The summed E-state index contributed by atoms with van der Waals surface area (Å²) < 4.78 is 10.9. The molecule has 0 unspecified atom stereocenters. The molecule has 0 heterocycles. The van der Waals surface area contributed by atoms with Crippen molar-refractivity contribution in [1.29, 1.82) is 0 Å². The van der Waals surface area contributed by atoms with Crippen molar-refractivity contribution in [1.82, 2.24) is 0 Å². The predicted octanol–water partition coefficient (Wildman–Crippen LogP) is 7.26. The summed E-state index contributed by atoms with van der Waals surface area (Å²) >= 11 is 0. The maximum absolute atomic E-state index is 11.1. The molecule has 166 valence electrons. The van der Waals surface area contributed by atoms with E-state index in [2.05, 4.69) is 20.8 Å². The van der Waals surface area contributed by atoms with E-state index in [0.717, 1.165) is 75.3 Å². The third kappa shape index (κ3) is 9.42. The lowest BCUT2D eigenvalue weighted by Gasteiger charge is -2.19. The van der Waals surface area contributed by atoms with Crippen LogP contribution >= 0.6 is 0 Å². The fraction of sp³-hybridized carbons (Fsp3) is 0.708. The van der Waals surface area contributed by atoms with Crippen LogP contribution < -0.4 is 9.47 Å². The Balaban J connectivity index is 3.09. The number of rotatable bonds is 16. The molecule has 1 aromatic rings. The highest BCUT2D eigenvalue weighted by atomic mass is 16.7. The topological polar surface area (TPSA) is 76.0 Å². The highest BCUT2D eigenvalue weighted by Crippen LogP contribution is 2.43. The summed E-state index contributed by atoms with van der Waals surface area (Å²) in [7, 11) is 0. The highest BCUT2D eigenvalue weighted by Gasteiger charge is 2.21. The Hall–Kier alpha value is -1.91. The average molecular weight is 409 g/mol. The second-order valence-electron chi connectivity index (χ2n) is 7.73. The molecule has 0 radical (unpaired) electrons. The minimum Gasteiger partial charge on any atom is -0.502 e. The molecule has 0 aliphatic carbocycles. The summed E-state index contributed by atoms with van der Waals surface area (Å²) in [6, 6.07) is 1.69. The number of benzene rings is 1. The van der Waals surface area contributed by atoms with Crippen LogP contribution in [0.3, 0.4) is 0 Å². The largest absolute Gasteiger partial charge is 0.511 e. The molecule has 0 aromatic heterocycles. The van der Waals surface area contributed by atoms with Gasteiger partial charge in [-0.1, -0.05) is 72.1 Å². The summed E-state index contributed by atoms with van der Waals surface area (Å²) in [5.41, 5.74) is 2.04. The van der Waals surface area contributed by atoms with Gasteiger partial charge in [0, 0.05) is 5.56 Å². The maximum Gasteiger partial charge on any atom is 0.511 e. The summed E-state index contributed by atoms with van der Waals surface area (Å²) in [6.45, 7) is 7.02. The molecule has 0 spiro atoms. The number of carboxylic acid groups (broad SMARTS) is 1. The zero-order chi connectivity index (χ0) is 21.5. The van der Waals surface area contributed by atoms with Crippen LogP contribution in [0.5, 0.6) is 17.2 Å². The van der Waals surface area contributed by atoms with Crippen LogP contribution in [-0.4, -0.2) is 23.0 Å². The van der Waals surface area contributed by atoms with Gasteiger partial charge in [-0.25, -0.2) is 4.79 Å². The van der Waals surface area contributed by atoms with E-state index in [1.807, 2.05) is 0 Å². The van der Waals surface area contributed by atoms with E-state index in [9.17, 15) is 9.90 Å². The van der Waals surface area contributed by atoms with Gasteiger partial charge in [0.1, 0.15) is 0 Å². The smallest absolute Gasteiger partial charge is 0.502 e. The van der Waals surface area contributed by atoms with Gasteiger partial charge in [0.05, 0.1) is 6.61 Å². The van der Waals surface area contributed by atoms with Crippen molar-refractivity contribution in [3.63, 3.8) is 0 Å². The number of hydrogen-bond acceptors (Lipinski definition) is 4. The van der Waals surface area contributed by atoms with Gasteiger partial charge in [-0.2, -0.15) is 0 Å². The molecule has 5 nitrogen and oxygen atoms in total. The quantitative estimate of drug-likeness (QED) is 0.171. The van der Waals surface area contributed by atoms with Gasteiger partial charge in [-0.15, -0.1) is 0 Å². The molecule has 0 fully saturated rings. The molecule has 0 bridgehead atoms. The Bertz CT molecular complexity index is 597. The minimum absolute atomic E-state index is 0.0239. The molecule has 0 saturated heterocycles. The molecule has 5 heteroatoms. The maximum atomic E-state index is 11.1. The fourth-order valence-electron chi connectivity index (χ4n) is 3.54. The third-order valence-electron chi connectivity index (χ3n) is 5.19. The number of phenolic OH excluding ortho intramolecular Hbond substituents is 1. The van der Waals surface area contributed by atoms with Gasteiger partial charge in [-0.3, -0.25) is 0 Å². The Morgan fingerprint density at radius 3 is 2.07 bits per heavy atom. The van der Waals surface area contributed by atoms with Gasteiger partial charge in [0.15, 0.2) is 11.5 Å². The molecule has 0 aliphatic rings. The molecular formula is C24H40O5. The number of phenols is 1. The molecule has 0 saturated carbocycles. The zero-order valence-electron chi connectivity index (χ0n) is 18.6. The standard InChI is InChI=1S/C24H40O5/c1-4-7-10-11-14-17-28-23-20(16-13-9-6-3)19(15-12-8-5-2)18-21(22(23)25)29-24(26)27/h18,25H,4-17H2,1-3H3,(H,26,27). The molecule has 0 aliphatic heterocycles. The van der Waals surface area contributed by atoms with E-state index < -0.39 is 6.16 Å². The van der Waals surface area contributed by atoms with E-state index in [1.54, 1.807) is 6.07 Å². The van der Waals surface area contributed by atoms with E-state index in [-0.39, 0.29) is 11.5 Å². The number of ether oxygens (including phenoxy) is 2. The van der Waals surface area contributed by atoms with Crippen molar-refractivity contribution in [2.24, 2.45) is 0 Å². The summed E-state index contributed by atoms with van der Waals surface area (Å²) in [4.78, 5) is 11.1. The van der Waals surface area contributed by atoms with Crippen molar-refractivity contribution in [2.45, 2.75) is 104 Å². The highest BCUT2D eigenvalue weighted by molar-refractivity contribution is 5.66. The van der Waals surface area contributed by atoms with Gasteiger partial charge in [-0.05, 0) is 43.7 Å². The van der Waals surface area contributed by atoms with Crippen molar-refractivity contribution < 1.29 is 24.5 Å². The Kier molecular flexibility index (Phi) is 13.0. The lowest BCUT2D eigenvalue weighted by molar-refractivity contribution is 0.142. The van der Waals surface area contributed by atoms with Crippen LogP contribution in [-0.2, 0) is 12.8 Å². The SMILES string of the molecule is CCCCCCCOc1c(O)c(OC(=O)O)cc(CCCCC)c1CCCCC. The van der Waals surface area contributed by atoms with Crippen LogP contribution in [0.2, 0.25) is 0 Å². The minimum atomic E-state index is -1.43. The fourth-order valence-corrected chi connectivity index (χ4v) is 3.54. The average Bonchev–Trinajstić information content (AvgIpc) is 2.69. The van der Waals surface area contributed by atoms with Gasteiger partial charge < -0.3 is 19.7 Å². The second kappa shape index (κ2) is 15.0. The lowest BCUT2D eigenvalue weighted by atomic mass is 9.95. The first-order chi connectivity index (χ1) is 14.0. The van der Waals surface area contributed by atoms with E-state index in [4.69, 9.17) is 14.6 Å². The van der Waals surface area contributed by atoms with Crippen LogP contribution in [0.1, 0.15) is 103 Å². The van der Waals surface area contributed by atoms with Crippen molar-refractivity contribution in [3.8, 4) is 17.2 Å². The molecule has 0 atom stereocenters. The first kappa shape index (κ1) is 25.1. The molecular weight excluding hydrogens is 368 g/mol. The molecule has 1 rings (SSSR count). The number of unbranched alkanes of at least 4 members (excludes halogenated alkanes) is 8. The van der Waals surface area contributed by atoms with Crippen molar-refractivity contribution in [3.05, 3.63) is 17.2 Å². The van der Waals surface area contributed by atoms with E-state index >= 15 is 0 Å². The number of aryl methyl sites for hydroxylation is 1. The third-order valence-corrected chi connectivity index (χ3v) is 5.19. The first-order valence-corrected chi connectivity index (χ1v) is 11.5. The first-order valence-electron chi connectivity index (χ1n) is 11.5. The Morgan fingerprint density at radius 2 is 1.45 bits per heavy atom. The van der Waals surface area contributed by atoms with E-state index in [1.165, 1.54) is 19.3 Å². The molecule has 1 aromatic carbocycles. The van der Waals surface area contributed by atoms with Crippen molar-refractivity contribution in [2.75, 3.05) is 6.61 Å². The van der Waals surface area contributed by atoms with Gasteiger partial charge >= 0.3 is 6.16 Å². The monoisotopic (exact) mass is 408 g/mol. The van der Waals surface area contributed by atoms with Crippen molar-refractivity contribution >= 4 is 6.16 Å². The van der Waals surface area contributed by atoms with Crippen LogP contribution in [0.4, 0.5) is 4.79 Å². The normalized spacial score (nSPS) is 10.9. The zero-order valence-corrected chi connectivity index (χ0v) is 18.6. The predicted molar refractivity (Wildman–Crippen MR) is 117 cm³/mol. The Labute approximate surface area is 176 Å². The van der Waals surface area contributed by atoms with Crippen LogP contribution in [0.15, 0.2) is 6.07 Å². The summed E-state index contributed by atoms with van der Waals surface area (Å²) in [5.74, 6) is 0.206. The summed E-state index contributed by atoms with van der Waals surface area (Å²) in [6.07, 6.45) is 12.3. The van der Waals surface area contributed by atoms with E-state index in [0.29, 0.717) is 12.4 Å². The molecule has 2 N–H and O–H groups in total. The number of hydrogen-bond donors (Lipinski definition) is 2. The van der Waals surface area contributed by atoms with Gasteiger partial charge in [0.2, 0.25) is 5.75 Å². The number of carbonyl (C=O) groups is 1. The molecule has 0 amide bonds. The second-order valence-corrected chi connectivity index (χ2v) is 7.73. The van der Waals surface area contributed by atoms with Gasteiger partial charge in [0.25, 0.3) is 0 Å². The van der Waals surface area contributed by atoms with Crippen LogP contribution in [0.25, 0.3) is 0 Å². The summed E-state index contributed by atoms with van der Waals surface area (Å²) in [5, 5.41) is 19.8. The molecule has 29 heavy (non-hydrogen) atoms. The number of aromatic hydroxyl groups is 1. The van der Waals surface area contributed by atoms with Crippen LogP contribution in [0, 0.1) is 0 Å². The lowest BCUT2D eigenvalue weighted by Crippen LogP contribution is -2.08.